The van der Waals surface area contributed by atoms with Crippen LogP contribution in [0.3, 0.4) is 0 Å². The second-order valence-corrected chi connectivity index (χ2v) is 6.39. The van der Waals surface area contributed by atoms with E-state index in [9.17, 15) is 13.2 Å². The average Bonchev–Trinajstić information content (AvgIpc) is 2.71. The van der Waals surface area contributed by atoms with Crippen LogP contribution in [0.4, 0.5) is 18.9 Å². The first-order valence-electron chi connectivity index (χ1n) is 8.50. The Morgan fingerprint density at radius 1 is 1.17 bits per heavy atom. The van der Waals surface area contributed by atoms with Crippen molar-refractivity contribution >= 4 is 34.8 Å². The van der Waals surface area contributed by atoms with E-state index in [1.807, 2.05) is 24.3 Å². The first-order valence-corrected chi connectivity index (χ1v) is 8.91. The van der Waals surface area contributed by atoms with Gasteiger partial charge >= 0.3 is 6.18 Å². The fraction of sp³-hybridized carbons (Fsp3) is 0.250. The quantitative estimate of drug-likeness (QED) is 0.356. The highest BCUT2D eigenvalue weighted by Gasteiger charge is 2.30. The van der Waals surface area contributed by atoms with Gasteiger partial charge in [-0.1, -0.05) is 52.9 Å². The van der Waals surface area contributed by atoms with Crippen molar-refractivity contribution in [1.29, 1.82) is 0 Å². The summed E-state index contributed by atoms with van der Waals surface area (Å²) in [6.07, 6.45) is -3.01. The molecule has 0 amide bonds. The van der Waals surface area contributed by atoms with Gasteiger partial charge in [-0.05, 0) is 30.7 Å². The molecule has 0 spiro atoms. The zero-order chi connectivity index (χ0) is 21.4. The summed E-state index contributed by atoms with van der Waals surface area (Å²) in [5, 5.41) is 7.61. The third kappa shape index (κ3) is 6.28. The minimum atomic E-state index is -4.41. The summed E-state index contributed by atoms with van der Waals surface area (Å²) in [6.45, 7) is 1.70. The van der Waals surface area contributed by atoms with Crippen molar-refractivity contribution in [1.82, 2.24) is 0 Å². The summed E-state index contributed by atoms with van der Waals surface area (Å²) in [7, 11) is 3.20. The Balaban J connectivity index is 2.13. The van der Waals surface area contributed by atoms with Crippen LogP contribution in [0, 0.1) is 0 Å². The van der Waals surface area contributed by atoms with E-state index in [2.05, 4.69) is 15.1 Å². The molecule has 2 aromatic carbocycles. The number of rotatable bonds is 7. The SMILES string of the molecule is CON=CC(=S)N(C)c1ccccc1CON=C(C)c1cccc(C(F)(F)F)c1. The van der Waals surface area contributed by atoms with Gasteiger partial charge in [-0.15, -0.1) is 0 Å². The molecule has 0 aliphatic carbocycles. The summed E-state index contributed by atoms with van der Waals surface area (Å²) in [5.41, 5.74) is 1.52. The van der Waals surface area contributed by atoms with Crippen LogP contribution in [0.5, 0.6) is 0 Å². The summed E-state index contributed by atoms with van der Waals surface area (Å²) in [4.78, 5) is 12.2. The lowest BCUT2D eigenvalue weighted by Crippen LogP contribution is -2.26. The number of anilines is 1. The Kier molecular flexibility index (Phi) is 7.72. The zero-order valence-corrected chi connectivity index (χ0v) is 16.9. The summed E-state index contributed by atoms with van der Waals surface area (Å²) < 4.78 is 38.6. The standard InChI is InChI=1S/C20H20F3N3O2S/c1-14(15-8-6-9-17(11-15)20(21,22)23)25-28-13-16-7-4-5-10-18(16)26(2)19(29)12-24-27-3/h4-12H,13H2,1-3H3. The molecule has 5 nitrogen and oxygen atoms in total. The molecule has 0 fully saturated rings. The van der Waals surface area contributed by atoms with E-state index in [4.69, 9.17) is 17.1 Å². The van der Waals surface area contributed by atoms with Gasteiger partial charge in [0.1, 0.15) is 24.9 Å². The highest BCUT2D eigenvalue weighted by Crippen LogP contribution is 2.29. The van der Waals surface area contributed by atoms with Gasteiger partial charge in [0.25, 0.3) is 0 Å². The smallest absolute Gasteiger partial charge is 0.399 e. The van der Waals surface area contributed by atoms with E-state index in [-0.39, 0.29) is 6.61 Å². The molecule has 29 heavy (non-hydrogen) atoms. The van der Waals surface area contributed by atoms with Crippen LogP contribution in [0.25, 0.3) is 0 Å². The van der Waals surface area contributed by atoms with Crippen LogP contribution in [0.1, 0.15) is 23.6 Å². The molecular weight excluding hydrogens is 403 g/mol. The predicted molar refractivity (Wildman–Crippen MR) is 111 cm³/mol. The first-order chi connectivity index (χ1) is 13.7. The third-order valence-electron chi connectivity index (χ3n) is 3.98. The van der Waals surface area contributed by atoms with Crippen LogP contribution in [-0.2, 0) is 22.5 Å². The molecule has 9 heteroatoms. The van der Waals surface area contributed by atoms with Gasteiger partial charge in [-0.25, -0.2) is 0 Å². The Morgan fingerprint density at radius 3 is 2.59 bits per heavy atom. The van der Waals surface area contributed by atoms with Crippen LogP contribution in [-0.4, -0.2) is 31.1 Å². The van der Waals surface area contributed by atoms with Gasteiger partial charge in [0.2, 0.25) is 0 Å². The van der Waals surface area contributed by atoms with Gasteiger partial charge in [0.15, 0.2) is 0 Å². The molecule has 0 heterocycles. The van der Waals surface area contributed by atoms with Crippen molar-refractivity contribution in [2.24, 2.45) is 10.3 Å². The van der Waals surface area contributed by atoms with Gasteiger partial charge in [-0.3, -0.25) is 0 Å². The molecule has 2 rings (SSSR count). The maximum absolute atomic E-state index is 12.9. The second-order valence-electron chi connectivity index (χ2n) is 5.97. The highest BCUT2D eigenvalue weighted by atomic mass is 32.1. The van der Waals surface area contributed by atoms with E-state index >= 15 is 0 Å². The fourth-order valence-electron chi connectivity index (χ4n) is 2.44. The monoisotopic (exact) mass is 423 g/mol. The number of oxime groups is 2. The average molecular weight is 423 g/mol. The number of hydrogen-bond acceptors (Lipinski definition) is 5. The lowest BCUT2D eigenvalue weighted by Gasteiger charge is -2.20. The van der Waals surface area contributed by atoms with Gasteiger partial charge in [-0.2, -0.15) is 13.2 Å². The van der Waals surface area contributed by atoms with E-state index in [0.29, 0.717) is 16.3 Å². The fourth-order valence-corrected chi connectivity index (χ4v) is 2.58. The van der Waals surface area contributed by atoms with Crippen molar-refractivity contribution in [2.75, 3.05) is 19.1 Å². The maximum Gasteiger partial charge on any atom is 0.416 e. The first kappa shape index (κ1) is 22.4. The van der Waals surface area contributed by atoms with Gasteiger partial charge < -0.3 is 14.6 Å². The van der Waals surface area contributed by atoms with Crippen molar-refractivity contribution in [3.8, 4) is 0 Å². The van der Waals surface area contributed by atoms with Crippen LogP contribution in [0.15, 0.2) is 58.8 Å². The molecule has 154 valence electrons. The molecule has 0 unspecified atom stereocenters. The maximum atomic E-state index is 12.9. The molecule has 0 radical (unpaired) electrons. The normalized spacial score (nSPS) is 12.1. The second kappa shape index (κ2) is 10.0. The number of alkyl halides is 3. The zero-order valence-electron chi connectivity index (χ0n) is 16.1. The van der Waals surface area contributed by atoms with Crippen LogP contribution in [0.2, 0.25) is 0 Å². The molecule has 0 aliphatic heterocycles. The lowest BCUT2D eigenvalue weighted by atomic mass is 10.1. The van der Waals surface area contributed by atoms with Gasteiger partial charge in [0, 0.05) is 18.3 Å². The minimum Gasteiger partial charge on any atom is -0.399 e. The van der Waals surface area contributed by atoms with Crippen molar-refractivity contribution in [3.63, 3.8) is 0 Å². The Hall–Kier alpha value is -2.94. The number of halogens is 3. The molecular formula is C20H20F3N3O2S. The van der Waals surface area contributed by atoms with E-state index in [1.165, 1.54) is 19.4 Å². The van der Waals surface area contributed by atoms with Crippen molar-refractivity contribution in [3.05, 3.63) is 65.2 Å². The summed E-state index contributed by atoms with van der Waals surface area (Å²) in [5.74, 6) is 0. The Bertz CT molecular complexity index is 914. The van der Waals surface area contributed by atoms with E-state index in [1.54, 1.807) is 24.9 Å². The van der Waals surface area contributed by atoms with E-state index < -0.39 is 11.7 Å². The Labute approximate surface area is 172 Å². The van der Waals surface area contributed by atoms with Crippen LogP contribution < -0.4 is 4.90 Å². The molecule has 0 aliphatic rings. The lowest BCUT2D eigenvalue weighted by molar-refractivity contribution is -0.137. The number of nitrogens with zero attached hydrogens (tertiary/aromatic N) is 3. The molecule has 2 aromatic rings. The highest BCUT2D eigenvalue weighted by molar-refractivity contribution is 7.82. The molecule has 0 N–H and O–H groups in total. The summed E-state index contributed by atoms with van der Waals surface area (Å²) in [6, 6.07) is 12.3. The minimum absolute atomic E-state index is 0.112. The Morgan fingerprint density at radius 2 is 1.90 bits per heavy atom. The molecule has 0 saturated heterocycles. The van der Waals surface area contributed by atoms with Gasteiger partial charge in [0.05, 0.1) is 11.3 Å². The molecule has 0 atom stereocenters. The topological polar surface area (TPSA) is 46.4 Å². The van der Waals surface area contributed by atoms with Crippen LogP contribution >= 0.6 is 12.2 Å². The number of thiocarbonyl (C=S) groups is 1. The number of hydrogen-bond donors (Lipinski definition) is 0. The largest absolute Gasteiger partial charge is 0.416 e. The summed E-state index contributed by atoms with van der Waals surface area (Å²) >= 11 is 5.28. The van der Waals surface area contributed by atoms with Crippen molar-refractivity contribution in [2.45, 2.75) is 19.7 Å². The molecule has 0 aromatic heterocycles. The number of para-hydroxylation sites is 1. The van der Waals surface area contributed by atoms with Crippen molar-refractivity contribution < 1.29 is 22.8 Å². The third-order valence-corrected chi connectivity index (χ3v) is 4.36. The molecule has 0 bridgehead atoms. The number of benzene rings is 2. The van der Waals surface area contributed by atoms with E-state index in [0.717, 1.165) is 23.4 Å². The molecule has 0 saturated carbocycles. The predicted octanol–water partition coefficient (Wildman–Crippen LogP) is 5.04.